The first-order valence-electron chi connectivity index (χ1n) is 6.47. The van der Waals surface area contributed by atoms with Crippen molar-refractivity contribution in [2.45, 2.75) is 31.2 Å². The highest BCUT2D eigenvalue weighted by Crippen LogP contribution is 2.30. The topological polar surface area (TPSA) is 63.4 Å². The molecule has 2 rings (SSSR count). The maximum Gasteiger partial charge on any atom is 0.244 e. The van der Waals surface area contributed by atoms with Gasteiger partial charge in [-0.2, -0.15) is 4.31 Å². The predicted molar refractivity (Wildman–Crippen MR) is 76.5 cm³/mol. The predicted octanol–water partition coefficient (Wildman–Crippen LogP) is 2.22. The van der Waals surface area contributed by atoms with Gasteiger partial charge in [-0.3, -0.25) is 0 Å². The van der Waals surface area contributed by atoms with Crippen molar-refractivity contribution in [2.75, 3.05) is 13.1 Å². The van der Waals surface area contributed by atoms with Gasteiger partial charge in [0.25, 0.3) is 0 Å². The van der Waals surface area contributed by atoms with Gasteiger partial charge in [-0.1, -0.05) is 31.0 Å². The van der Waals surface area contributed by atoms with Crippen LogP contribution < -0.4 is 5.73 Å². The lowest BCUT2D eigenvalue weighted by Gasteiger charge is -2.17. The fourth-order valence-electron chi connectivity index (χ4n) is 2.36. The van der Waals surface area contributed by atoms with Crippen LogP contribution in [0.2, 0.25) is 5.02 Å². The van der Waals surface area contributed by atoms with Crippen molar-refractivity contribution in [2.24, 2.45) is 11.7 Å². The van der Waals surface area contributed by atoms with Gasteiger partial charge in [-0.05, 0) is 30.0 Å². The molecule has 2 N–H and O–H groups in total. The fourth-order valence-corrected chi connectivity index (χ4v) is 4.42. The largest absolute Gasteiger partial charge is 0.326 e. The highest BCUT2D eigenvalue weighted by molar-refractivity contribution is 7.89. The average molecular weight is 303 g/mol. The molecule has 0 spiro atoms. The minimum atomic E-state index is -3.50. The Labute approximate surface area is 119 Å². The van der Waals surface area contributed by atoms with Crippen molar-refractivity contribution < 1.29 is 8.42 Å². The molecule has 1 aliphatic rings. The van der Waals surface area contributed by atoms with E-state index in [-0.39, 0.29) is 9.92 Å². The Morgan fingerprint density at radius 1 is 1.47 bits per heavy atom. The highest BCUT2D eigenvalue weighted by Gasteiger charge is 2.33. The van der Waals surface area contributed by atoms with E-state index >= 15 is 0 Å². The Bertz CT molecular complexity index is 560. The van der Waals surface area contributed by atoms with Crippen molar-refractivity contribution in [3.05, 3.63) is 28.8 Å². The fraction of sp³-hybridized carbons (Fsp3) is 0.538. The number of hydrogen-bond donors (Lipinski definition) is 1. The second-order valence-electron chi connectivity index (χ2n) is 4.89. The molecule has 19 heavy (non-hydrogen) atoms. The van der Waals surface area contributed by atoms with Gasteiger partial charge in [0.2, 0.25) is 10.0 Å². The molecule has 106 valence electrons. The summed E-state index contributed by atoms with van der Waals surface area (Å²) in [4.78, 5) is 0.175. The van der Waals surface area contributed by atoms with Crippen LogP contribution in [0.3, 0.4) is 0 Å². The summed E-state index contributed by atoms with van der Waals surface area (Å²) in [5.74, 6) is 0.450. The van der Waals surface area contributed by atoms with Crippen molar-refractivity contribution in [1.82, 2.24) is 4.31 Å². The van der Waals surface area contributed by atoms with Gasteiger partial charge in [-0.25, -0.2) is 8.42 Å². The molecule has 6 heteroatoms. The molecular formula is C13H19ClN2O2S. The number of sulfonamides is 1. The van der Waals surface area contributed by atoms with Crippen LogP contribution in [-0.4, -0.2) is 25.8 Å². The molecular weight excluding hydrogens is 284 g/mol. The van der Waals surface area contributed by atoms with Crippen LogP contribution in [0.25, 0.3) is 0 Å². The Balaban J connectivity index is 2.34. The lowest BCUT2D eigenvalue weighted by Crippen LogP contribution is -2.29. The Morgan fingerprint density at radius 2 is 2.21 bits per heavy atom. The van der Waals surface area contributed by atoms with E-state index in [4.69, 9.17) is 17.3 Å². The zero-order chi connectivity index (χ0) is 14.0. The van der Waals surface area contributed by atoms with Crippen LogP contribution in [0.1, 0.15) is 25.3 Å². The number of benzene rings is 1. The van der Waals surface area contributed by atoms with E-state index in [1.54, 1.807) is 18.2 Å². The van der Waals surface area contributed by atoms with Crippen molar-refractivity contribution in [3.8, 4) is 0 Å². The van der Waals surface area contributed by atoms with E-state index in [1.807, 2.05) is 0 Å². The number of nitrogens with zero attached hydrogens (tertiary/aromatic N) is 1. The molecule has 0 saturated carbocycles. The number of hydrogen-bond acceptors (Lipinski definition) is 3. The van der Waals surface area contributed by atoms with Crippen molar-refractivity contribution in [3.63, 3.8) is 0 Å². The van der Waals surface area contributed by atoms with E-state index in [1.165, 1.54) is 4.31 Å². The first-order chi connectivity index (χ1) is 8.98. The minimum Gasteiger partial charge on any atom is -0.326 e. The summed E-state index contributed by atoms with van der Waals surface area (Å²) in [6.45, 7) is 3.55. The molecule has 4 nitrogen and oxygen atoms in total. The maximum absolute atomic E-state index is 12.6. The van der Waals surface area contributed by atoms with Gasteiger partial charge in [0.1, 0.15) is 4.90 Å². The van der Waals surface area contributed by atoms with Crippen LogP contribution in [0.15, 0.2) is 23.1 Å². The van der Waals surface area contributed by atoms with Crippen molar-refractivity contribution in [1.29, 1.82) is 0 Å². The van der Waals surface area contributed by atoms with Crippen LogP contribution in [0, 0.1) is 5.92 Å². The van der Waals surface area contributed by atoms with E-state index in [0.29, 0.717) is 25.6 Å². The second kappa shape index (κ2) is 5.79. The summed E-state index contributed by atoms with van der Waals surface area (Å²) in [6, 6.07) is 4.93. The van der Waals surface area contributed by atoms with Gasteiger partial charge in [0.15, 0.2) is 0 Å². The first kappa shape index (κ1) is 14.8. The van der Waals surface area contributed by atoms with Gasteiger partial charge in [-0.15, -0.1) is 0 Å². The third-order valence-electron chi connectivity index (χ3n) is 3.68. The van der Waals surface area contributed by atoms with Gasteiger partial charge < -0.3 is 5.73 Å². The Kier molecular flexibility index (Phi) is 4.50. The third kappa shape index (κ3) is 2.94. The summed E-state index contributed by atoms with van der Waals surface area (Å²) in [7, 11) is -3.50. The summed E-state index contributed by atoms with van der Waals surface area (Å²) in [6.07, 6.45) is 1.92. The van der Waals surface area contributed by atoms with E-state index in [2.05, 4.69) is 6.92 Å². The van der Waals surface area contributed by atoms with E-state index < -0.39 is 10.0 Å². The maximum atomic E-state index is 12.6. The molecule has 1 fully saturated rings. The third-order valence-corrected chi connectivity index (χ3v) is 6.02. The molecule has 1 aliphatic heterocycles. The molecule has 1 unspecified atom stereocenters. The normalized spacial score (nSPS) is 20.9. The molecule has 0 aliphatic carbocycles. The van der Waals surface area contributed by atoms with Crippen molar-refractivity contribution >= 4 is 21.6 Å². The van der Waals surface area contributed by atoms with Crippen LogP contribution >= 0.6 is 11.6 Å². The second-order valence-corrected chi connectivity index (χ2v) is 7.21. The van der Waals surface area contributed by atoms with E-state index in [9.17, 15) is 8.42 Å². The molecule has 0 radical (unpaired) electrons. The van der Waals surface area contributed by atoms with Gasteiger partial charge in [0.05, 0.1) is 5.02 Å². The molecule has 0 aromatic heterocycles. The van der Waals surface area contributed by atoms with Gasteiger partial charge in [0, 0.05) is 19.6 Å². The Morgan fingerprint density at radius 3 is 2.79 bits per heavy atom. The first-order valence-corrected chi connectivity index (χ1v) is 8.29. The Hall–Kier alpha value is -0.620. The zero-order valence-corrected chi connectivity index (χ0v) is 12.5. The summed E-state index contributed by atoms with van der Waals surface area (Å²) >= 11 is 6.04. The lowest BCUT2D eigenvalue weighted by molar-refractivity contribution is 0.453. The van der Waals surface area contributed by atoms with Crippen LogP contribution in [0.4, 0.5) is 0 Å². The number of halogens is 1. The molecule has 0 bridgehead atoms. The molecule has 1 atom stereocenters. The summed E-state index contributed by atoms with van der Waals surface area (Å²) < 4.78 is 26.7. The van der Waals surface area contributed by atoms with Crippen LogP contribution in [0.5, 0.6) is 0 Å². The summed E-state index contributed by atoms with van der Waals surface area (Å²) in [5.41, 5.74) is 6.33. The molecule has 1 aromatic carbocycles. The molecule has 1 saturated heterocycles. The minimum absolute atomic E-state index is 0.175. The molecule has 1 heterocycles. The van der Waals surface area contributed by atoms with Gasteiger partial charge >= 0.3 is 0 Å². The zero-order valence-electron chi connectivity index (χ0n) is 11.0. The average Bonchev–Trinajstić information content (AvgIpc) is 2.88. The molecule has 0 amide bonds. The number of rotatable bonds is 4. The highest BCUT2D eigenvalue weighted by atomic mass is 35.5. The standard InChI is InChI=1S/C13H19ClN2O2S/c1-2-10-5-6-16(9-10)19(17,18)13-7-11(8-15)3-4-12(13)14/h3-4,7,10H,2,5-6,8-9,15H2,1H3. The summed E-state index contributed by atoms with van der Waals surface area (Å²) in [5, 5.41) is 0.261. The lowest BCUT2D eigenvalue weighted by atomic mass is 10.1. The SMILES string of the molecule is CCC1CCN(S(=O)(=O)c2cc(CN)ccc2Cl)C1. The van der Waals surface area contributed by atoms with Crippen LogP contribution in [-0.2, 0) is 16.6 Å². The monoisotopic (exact) mass is 302 g/mol. The quantitative estimate of drug-likeness (QED) is 0.927. The molecule has 1 aromatic rings. The number of nitrogens with two attached hydrogens (primary N) is 1. The van der Waals surface area contributed by atoms with E-state index in [0.717, 1.165) is 18.4 Å². The smallest absolute Gasteiger partial charge is 0.244 e.